The van der Waals surface area contributed by atoms with Crippen molar-refractivity contribution in [2.24, 2.45) is 0 Å². The van der Waals surface area contributed by atoms with E-state index in [1.165, 1.54) is 12.8 Å². The number of carboxylic acid groups (broad SMARTS) is 1. The van der Waals surface area contributed by atoms with E-state index in [-0.39, 0.29) is 6.42 Å². The first kappa shape index (κ1) is 15.9. The molecule has 21 heavy (non-hydrogen) atoms. The highest BCUT2D eigenvalue weighted by Crippen LogP contribution is 2.37. The van der Waals surface area contributed by atoms with Crippen LogP contribution in [-0.2, 0) is 21.6 Å². The molecule has 0 amide bonds. The Labute approximate surface area is 124 Å². The zero-order valence-corrected chi connectivity index (χ0v) is 12.6. The largest absolute Gasteiger partial charge is 0.481 e. The lowest BCUT2D eigenvalue weighted by Crippen LogP contribution is -2.29. The molecule has 1 heterocycles. The zero-order valence-electron chi connectivity index (χ0n) is 12.6. The van der Waals surface area contributed by atoms with E-state index < -0.39 is 11.6 Å². The highest BCUT2D eigenvalue weighted by molar-refractivity contribution is 5.66. The minimum atomic E-state index is -0.766. The molecule has 0 aliphatic heterocycles. The van der Waals surface area contributed by atoms with Gasteiger partial charge in [-0.3, -0.25) is 4.79 Å². The van der Waals surface area contributed by atoms with Gasteiger partial charge in [0.25, 0.3) is 0 Å². The van der Waals surface area contributed by atoms with Crippen LogP contribution in [0.4, 0.5) is 0 Å². The average molecular weight is 296 g/mol. The maximum atomic E-state index is 10.5. The van der Waals surface area contributed by atoms with Crippen molar-refractivity contribution >= 4 is 5.97 Å². The van der Waals surface area contributed by atoms with Gasteiger partial charge in [0, 0.05) is 20.0 Å². The predicted molar refractivity (Wildman–Crippen MR) is 75.9 cm³/mol. The second-order valence-electron chi connectivity index (χ2n) is 5.73. The smallest absolute Gasteiger partial charge is 0.303 e. The Morgan fingerprint density at radius 1 is 1.29 bits per heavy atom. The van der Waals surface area contributed by atoms with E-state index in [0.29, 0.717) is 24.6 Å². The van der Waals surface area contributed by atoms with Gasteiger partial charge in [-0.2, -0.15) is 4.98 Å². The number of hydrogen-bond acceptors (Lipinski definition) is 5. The molecule has 0 atom stereocenters. The van der Waals surface area contributed by atoms with Crippen LogP contribution in [0.5, 0.6) is 0 Å². The molecule has 0 bridgehead atoms. The van der Waals surface area contributed by atoms with Crippen molar-refractivity contribution in [3.05, 3.63) is 11.7 Å². The van der Waals surface area contributed by atoms with Crippen molar-refractivity contribution in [2.45, 2.75) is 69.8 Å². The Bertz CT molecular complexity index is 450. The van der Waals surface area contributed by atoms with E-state index in [0.717, 1.165) is 32.1 Å². The van der Waals surface area contributed by atoms with Gasteiger partial charge in [0.2, 0.25) is 11.7 Å². The Morgan fingerprint density at radius 2 is 2.00 bits per heavy atom. The second kappa shape index (κ2) is 7.54. The number of unbranched alkanes of at least 4 members (excludes halogenated alkanes) is 1. The number of methoxy groups -OCH3 is 1. The lowest BCUT2D eigenvalue weighted by Gasteiger charge is -2.27. The normalized spacial score (nSPS) is 18.3. The molecule has 1 saturated carbocycles. The van der Waals surface area contributed by atoms with Gasteiger partial charge in [-0.1, -0.05) is 30.8 Å². The molecule has 1 aliphatic carbocycles. The van der Waals surface area contributed by atoms with Gasteiger partial charge >= 0.3 is 5.97 Å². The van der Waals surface area contributed by atoms with Gasteiger partial charge in [0.1, 0.15) is 5.60 Å². The van der Waals surface area contributed by atoms with E-state index in [1.807, 2.05) is 0 Å². The fourth-order valence-corrected chi connectivity index (χ4v) is 2.91. The number of carbonyl (C=O) groups is 1. The summed E-state index contributed by atoms with van der Waals surface area (Å²) in [6, 6.07) is 0. The van der Waals surface area contributed by atoms with Crippen LogP contribution in [0.1, 0.15) is 69.5 Å². The molecular formula is C15H24N2O4. The van der Waals surface area contributed by atoms with Crippen LogP contribution in [0.2, 0.25) is 0 Å². The number of rotatable bonds is 7. The van der Waals surface area contributed by atoms with Crippen LogP contribution >= 0.6 is 0 Å². The summed E-state index contributed by atoms with van der Waals surface area (Å²) in [6.07, 6.45) is 8.74. The third-order valence-electron chi connectivity index (χ3n) is 4.21. The van der Waals surface area contributed by atoms with Crippen LogP contribution in [0.15, 0.2) is 4.52 Å². The van der Waals surface area contributed by atoms with Gasteiger partial charge in [0.05, 0.1) is 0 Å². The zero-order chi connectivity index (χ0) is 15.1. The summed E-state index contributed by atoms with van der Waals surface area (Å²) < 4.78 is 11.1. The molecule has 118 valence electrons. The van der Waals surface area contributed by atoms with E-state index in [9.17, 15) is 4.79 Å². The summed E-state index contributed by atoms with van der Waals surface area (Å²) in [4.78, 5) is 15.0. The van der Waals surface area contributed by atoms with E-state index in [4.69, 9.17) is 14.4 Å². The summed E-state index contributed by atoms with van der Waals surface area (Å²) in [5.74, 6) is 0.467. The van der Waals surface area contributed by atoms with E-state index in [1.54, 1.807) is 7.11 Å². The van der Waals surface area contributed by atoms with Gasteiger partial charge in [-0.05, 0) is 25.7 Å². The summed E-state index contributed by atoms with van der Waals surface area (Å²) in [5.41, 5.74) is -0.403. The number of aliphatic carboxylic acids is 1. The molecule has 2 rings (SSSR count). The molecule has 1 N–H and O–H groups in total. The highest BCUT2D eigenvalue weighted by Gasteiger charge is 2.37. The first-order chi connectivity index (χ1) is 10.2. The molecule has 6 heteroatoms. The number of ether oxygens (including phenoxy) is 1. The molecule has 0 saturated heterocycles. The SMILES string of the molecule is COC1(c2noc(CCCCC(=O)O)n2)CCCCCC1. The van der Waals surface area contributed by atoms with Crippen LogP contribution in [0.3, 0.4) is 0 Å². The van der Waals surface area contributed by atoms with E-state index >= 15 is 0 Å². The van der Waals surface area contributed by atoms with Gasteiger partial charge in [-0.15, -0.1) is 0 Å². The van der Waals surface area contributed by atoms with Crippen LogP contribution < -0.4 is 0 Å². The molecule has 1 aromatic heterocycles. The molecular weight excluding hydrogens is 272 g/mol. The predicted octanol–water partition coefficient (Wildman–Crippen LogP) is 3.06. The third kappa shape index (κ3) is 4.27. The minimum absolute atomic E-state index is 0.184. The number of carboxylic acids is 1. The average Bonchev–Trinajstić information content (AvgIpc) is 2.81. The van der Waals surface area contributed by atoms with Crippen molar-refractivity contribution in [2.75, 3.05) is 7.11 Å². The number of aryl methyl sites for hydroxylation is 1. The Morgan fingerprint density at radius 3 is 2.62 bits per heavy atom. The fourth-order valence-electron chi connectivity index (χ4n) is 2.91. The second-order valence-corrected chi connectivity index (χ2v) is 5.73. The third-order valence-corrected chi connectivity index (χ3v) is 4.21. The maximum absolute atomic E-state index is 10.5. The molecule has 0 aromatic carbocycles. The molecule has 0 unspecified atom stereocenters. The quantitative estimate of drug-likeness (QED) is 0.615. The first-order valence-electron chi connectivity index (χ1n) is 7.76. The van der Waals surface area contributed by atoms with Gasteiger partial charge in [0.15, 0.2) is 0 Å². The lowest BCUT2D eigenvalue weighted by atomic mass is 9.93. The van der Waals surface area contributed by atoms with Crippen molar-refractivity contribution < 1.29 is 19.2 Å². The summed E-state index contributed by atoms with van der Waals surface area (Å²) in [6.45, 7) is 0. The Balaban J connectivity index is 1.95. The Kier molecular flexibility index (Phi) is 5.73. The Hall–Kier alpha value is -1.43. The van der Waals surface area contributed by atoms with Gasteiger partial charge < -0.3 is 14.4 Å². The van der Waals surface area contributed by atoms with Crippen LogP contribution in [-0.4, -0.2) is 28.3 Å². The molecule has 0 radical (unpaired) electrons. The van der Waals surface area contributed by atoms with Crippen molar-refractivity contribution in [1.29, 1.82) is 0 Å². The van der Waals surface area contributed by atoms with Crippen molar-refractivity contribution in [1.82, 2.24) is 10.1 Å². The number of nitrogens with zero attached hydrogens (tertiary/aromatic N) is 2. The number of hydrogen-bond donors (Lipinski definition) is 1. The standard InChI is InChI=1S/C15H24N2O4/c1-20-15(10-6-2-3-7-11-15)14-16-12(21-17-14)8-4-5-9-13(18)19/h2-11H2,1H3,(H,18,19). The highest BCUT2D eigenvalue weighted by atomic mass is 16.5. The van der Waals surface area contributed by atoms with E-state index in [2.05, 4.69) is 10.1 Å². The fraction of sp³-hybridized carbons (Fsp3) is 0.800. The van der Waals surface area contributed by atoms with Crippen molar-refractivity contribution in [3.8, 4) is 0 Å². The minimum Gasteiger partial charge on any atom is -0.481 e. The summed E-state index contributed by atoms with van der Waals surface area (Å²) >= 11 is 0. The lowest BCUT2D eigenvalue weighted by molar-refractivity contribution is -0.137. The summed E-state index contributed by atoms with van der Waals surface area (Å²) in [5, 5.41) is 12.7. The topological polar surface area (TPSA) is 85.5 Å². The van der Waals surface area contributed by atoms with Crippen LogP contribution in [0.25, 0.3) is 0 Å². The maximum Gasteiger partial charge on any atom is 0.303 e. The number of aromatic nitrogens is 2. The first-order valence-corrected chi connectivity index (χ1v) is 7.76. The molecule has 1 aromatic rings. The van der Waals surface area contributed by atoms with Gasteiger partial charge in [-0.25, -0.2) is 0 Å². The monoisotopic (exact) mass is 296 g/mol. The van der Waals surface area contributed by atoms with Crippen LogP contribution in [0, 0.1) is 0 Å². The molecule has 1 aliphatic rings. The van der Waals surface area contributed by atoms with Crippen molar-refractivity contribution in [3.63, 3.8) is 0 Å². The molecule has 1 fully saturated rings. The summed E-state index contributed by atoms with van der Waals surface area (Å²) in [7, 11) is 1.72. The molecule has 0 spiro atoms. The molecule has 6 nitrogen and oxygen atoms in total.